The van der Waals surface area contributed by atoms with Gasteiger partial charge in [-0.3, -0.25) is 9.69 Å². The van der Waals surface area contributed by atoms with E-state index in [0.717, 1.165) is 15.6 Å². The quantitative estimate of drug-likeness (QED) is 0.204. The fraction of sp³-hybridized carbons (Fsp3) is 0.120. The lowest BCUT2D eigenvalue weighted by Crippen LogP contribution is -2.27. The van der Waals surface area contributed by atoms with E-state index < -0.39 is 0 Å². The molecule has 34 heavy (non-hydrogen) atoms. The monoisotopic (exact) mass is 593 g/mol. The van der Waals surface area contributed by atoms with Gasteiger partial charge < -0.3 is 9.47 Å². The highest BCUT2D eigenvalue weighted by Crippen LogP contribution is 2.42. The van der Waals surface area contributed by atoms with Crippen LogP contribution in [0.5, 0.6) is 11.5 Å². The summed E-state index contributed by atoms with van der Waals surface area (Å²) in [6.07, 6.45) is 1.78. The third kappa shape index (κ3) is 5.61. The van der Waals surface area contributed by atoms with E-state index in [0.29, 0.717) is 49.7 Å². The van der Waals surface area contributed by atoms with Gasteiger partial charge in [0.25, 0.3) is 5.91 Å². The summed E-state index contributed by atoms with van der Waals surface area (Å²) in [5.41, 5.74) is 2.31. The third-order valence-electron chi connectivity index (χ3n) is 4.80. The Morgan fingerprint density at radius 2 is 1.85 bits per heavy atom. The number of carbonyl (C=O) groups is 1. The van der Waals surface area contributed by atoms with Gasteiger partial charge in [0, 0.05) is 5.02 Å². The molecular weight excluding hydrogens is 577 g/mol. The predicted octanol–water partition coefficient (Wildman–Crippen LogP) is 8.14. The fourth-order valence-corrected chi connectivity index (χ4v) is 5.65. The van der Waals surface area contributed by atoms with E-state index in [1.54, 1.807) is 24.3 Å². The van der Waals surface area contributed by atoms with Crippen molar-refractivity contribution in [2.24, 2.45) is 0 Å². The van der Waals surface area contributed by atoms with E-state index in [1.165, 1.54) is 16.7 Å². The van der Waals surface area contributed by atoms with Crippen molar-refractivity contribution in [2.45, 2.75) is 13.5 Å². The molecule has 0 N–H and O–H groups in total. The highest BCUT2D eigenvalue weighted by molar-refractivity contribution is 9.10. The molecule has 0 atom stereocenters. The molecular formula is C25H18BrCl2NO3S2. The van der Waals surface area contributed by atoms with Crippen LogP contribution in [0.15, 0.2) is 70.0 Å². The number of anilines is 1. The van der Waals surface area contributed by atoms with Crippen molar-refractivity contribution in [1.29, 1.82) is 0 Å². The smallest absolute Gasteiger partial charge is 0.270 e. The minimum absolute atomic E-state index is 0.252. The molecule has 0 saturated carbocycles. The number of ether oxygens (including phenoxy) is 2. The number of benzene rings is 3. The molecule has 0 unspecified atom stereocenters. The van der Waals surface area contributed by atoms with Crippen LogP contribution in [0.2, 0.25) is 10.0 Å². The normalized spacial score (nSPS) is 14.7. The molecule has 1 amide bonds. The Hall–Kier alpha value is -2.03. The molecule has 0 radical (unpaired) electrons. The summed E-state index contributed by atoms with van der Waals surface area (Å²) in [5, 5.41) is 0.837. The maximum Gasteiger partial charge on any atom is 0.270 e. The summed E-state index contributed by atoms with van der Waals surface area (Å²) in [5.74, 6) is 0.927. The maximum absolute atomic E-state index is 13.2. The largest absolute Gasteiger partial charge is 0.490 e. The minimum Gasteiger partial charge on any atom is -0.490 e. The zero-order chi connectivity index (χ0) is 24.2. The molecule has 174 valence electrons. The van der Waals surface area contributed by atoms with Crippen molar-refractivity contribution in [3.05, 3.63) is 91.2 Å². The third-order valence-corrected chi connectivity index (χ3v) is 7.23. The summed E-state index contributed by atoms with van der Waals surface area (Å²) in [4.78, 5) is 15.1. The highest BCUT2D eigenvalue weighted by Gasteiger charge is 2.34. The molecule has 1 fully saturated rings. The molecule has 3 aromatic rings. The molecule has 1 heterocycles. The number of rotatable bonds is 7. The van der Waals surface area contributed by atoms with Gasteiger partial charge in [-0.1, -0.05) is 77.5 Å². The number of halogens is 3. The lowest BCUT2D eigenvalue weighted by atomic mass is 10.1. The van der Waals surface area contributed by atoms with E-state index in [4.69, 9.17) is 44.9 Å². The zero-order valence-corrected chi connectivity index (χ0v) is 22.6. The summed E-state index contributed by atoms with van der Waals surface area (Å²) >= 11 is 22.6. The van der Waals surface area contributed by atoms with Crippen molar-refractivity contribution in [3.8, 4) is 11.5 Å². The Bertz CT molecular complexity index is 1280. The first-order valence-corrected chi connectivity index (χ1v) is 13.0. The van der Waals surface area contributed by atoms with Crippen LogP contribution in [0, 0.1) is 0 Å². The molecule has 0 aliphatic carbocycles. The number of carbonyl (C=O) groups excluding carboxylic acids is 1. The van der Waals surface area contributed by atoms with E-state index in [-0.39, 0.29) is 5.91 Å². The molecule has 0 bridgehead atoms. The number of amides is 1. The van der Waals surface area contributed by atoms with Crippen LogP contribution < -0.4 is 14.4 Å². The van der Waals surface area contributed by atoms with Crippen molar-refractivity contribution >= 4 is 85.1 Å². The Kier molecular flexibility index (Phi) is 8.22. The lowest BCUT2D eigenvalue weighted by Gasteiger charge is -2.16. The second-order valence-corrected chi connectivity index (χ2v) is 10.5. The van der Waals surface area contributed by atoms with Crippen LogP contribution in [-0.2, 0) is 11.4 Å². The van der Waals surface area contributed by atoms with Gasteiger partial charge in [-0.2, -0.15) is 0 Å². The van der Waals surface area contributed by atoms with Gasteiger partial charge in [0.05, 0.1) is 26.7 Å². The summed E-state index contributed by atoms with van der Waals surface area (Å²) in [6.45, 7) is 2.77. The molecule has 1 aliphatic rings. The van der Waals surface area contributed by atoms with Crippen LogP contribution in [0.4, 0.5) is 5.69 Å². The van der Waals surface area contributed by atoms with Crippen LogP contribution >= 0.6 is 63.1 Å². The minimum atomic E-state index is -0.252. The second kappa shape index (κ2) is 11.1. The first-order valence-electron chi connectivity index (χ1n) is 10.2. The van der Waals surface area contributed by atoms with Gasteiger partial charge in [0.15, 0.2) is 15.8 Å². The first-order chi connectivity index (χ1) is 16.4. The predicted molar refractivity (Wildman–Crippen MR) is 148 cm³/mol. The number of thiocarbonyl (C=S) groups is 1. The van der Waals surface area contributed by atoms with Crippen molar-refractivity contribution in [2.75, 3.05) is 11.5 Å². The van der Waals surface area contributed by atoms with Gasteiger partial charge in [-0.25, -0.2) is 0 Å². The first kappa shape index (κ1) is 25.1. The van der Waals surface area contributed by atoms with Crippen LogP contribution in [-0.4, -0.2) is 16.8 Å². The van der Waals surface area contributed by atoms with Crippen LogP contribution in [0.1, 0.15) is 18.1 Å². The molecule has 0 spiro atoms. The maximum atomic E-state index is 13.2. The van der Waals surface area contributed by atoms with Gasteiger partial charge in [-0.15, -0.1) is 0 Å². The number of hydrogen-bond acceptors (Lipinski definition) is 5. The van der Waals surface area contributed by atoms with Gasteiger partial charge >= 0.3 is 0 Å². The molecule has 1 aliphatic heterocycles. The molecule has 4 nitrogen and oxygen atoms in total. The van der Waals surface area contributed by atoms with Crippen molar-refractivity contribution < 1.29 is 14.3 Å². The number of hydrogen-bond donors (Lipinski definition) is 0. The van der Waals surface area contributed by atoms with E-state index in [9.17, 15) is 4.79 Å². The summed E-state index contributed by atoms with van der Waals surface area (Å²) in [7, 11) is 0. The second-order valence-electron chi connectivity index (χ2n) is 7.15. The van der Waals surface area contributed by atoms with Crippen molar-refractivity contribution in [1.82, 2.24) is 0 Å². The van der Waals surface area contributed by atoms with E-state index >= 15 is 0 Å². The Morgan fingerprint density at radius 1 is 1.09 bits per heavy atom. The van der Waals surface area contributed by atoms with Gasteiger partial charge in [0.1, 0.15) is 6.61 Å². The molecule has 4 rings (SSSR count). The fourth-order valence-electron chi connectivity index (χ4n) is 3.29. The van der Waals surface area contributed by atoms with E-state index in [2.05, 4.69) is 15.9 Å². The molecule has 3 aromatic carbocycles. The van der Waals surface area contributed by atoms with E-state index in [1.807, 2.05) is 49.4 Å². The average Bonchev–Trinajstić information content (AvgIpc) is 3.07. The molecule has 0 aromatic heterocycles. The van der Waals surface area contributed by atoms with Gasteiger partial charge in [-0.05, 0) is 70.4 Å². The zero-order valence-electron chi connectivity index (χ0n) is 17.9. The Labute approximate surface area is 226 Å². The average molecular weight is 595 g/mol. The van der Waals surface area contributed by atoms with Crippen LogP contribution in [0.25, 0.3) is 6.08 Å². The SMILES string of the molecule is CCOc1cc(/C=C2\SC(=S)N(c3ccc(Cl)cc3Cl)C2=O)cc(Br)c1OCc1ccccc1. The lowest BCUT2D eigenvalue weighted by molar-refractivity contribution is -0.113. The standard InChI is InChI=1S/C25H18BrCl2NO3S2/c1-2-31-21-11-16(10-18(26)23(21)32-14-15-6-4-3-5-7-15)12-22-24(30)29(25(33)34-22)20-9-8-17(27)13-19(20)28/h3-13H,2,14H2,1H3/b22-12-. The molecule has 1 saturated heterocycles. The Morgan fingerprint density at radius 3 is 2.56 bits per heavy atom. The number of nitrogens with zero attached hydrogens (tertiary/aromatic N) is 1. The highest BCUT2D eigenvalue weighted by atomic mass is 79.9. The van der Waals surface area contributed by atoms with Gasteiger partial charge in [0.2, 0.25) is 0 Å². The number of thioether (sulfide) groups is 1. The van der Waals surface area contributed by atoms with Crippen molar-refractivity contribution in [3.63, 3.8) is 0 Å². The Balaban J connectivity index is 1.62. The topological polar surface area (TPSA) is 38.8 Å². The molecule has 9 heteroatoms. The van der Waals surface area contributed by atoms with Crippen LogP contribution in [0.3, 0.4) is 0 Å². The summed E-state index contributed by atoms with van der Waals surface area (Å²) in [6, 6.07) is 18.5. The summed E-state index contributed by atoms with van der Waals surface area (Å²) < 4.78 is 13.0.